The Labute approximate surface area is 129 Å². The van der Waals surface area contributed by atoms with Crippen LogP contribution in [0, 0.1) is 5.82 Å². The van der Waals surface area contributed by atoms with Crippen LogP contribution in [0.2, 0.25) is 0 Å². The van der Waals surface area contributed by atoms with Crippen LogP contribution in [0.15, 0.2) is 41.4 Å². The number of amidine groups is 1. The molecule has 0 saturated heterocycles. The van der Waals surface area contributed by atoms with Crippen LogP contribution in [0.1, 0.15) is 11.1 Å². The molecule has 0 spiro atoms. The predicted octanol–water partition coefficient (Wildman–Crippen LogP) is 4.36. The summed E-state index contributed by atoms with van der Waals surface area (Å²) in [6.45, 7) is 0. The van der Waals surface area contributed by atoms with Gasteiger partial charge in [-0.2, -0.15) is 13.2 Å². The normalized spacial score (nSPS) is 13.0. The molecule has 0 amide bonds. The van der Waals surface area contributed by atoms with Crippen LogP contribution in [-0.2, 0) is 6.18 Å². The molecule has 2 aromatic carbocycles. The molecule has 0 aliphatic carbocycles. The summed E-state index contributed by atoms with van der Waals surface area (Å²) in [4.78, 5) is 4.04. The monoisotopic (exact) mass is 331 g/mol. The highest BCUT2D eigenvalue weighted by Crippen LogP contribution is 2.37. The number of anilines is 2. The summed E-state index contributed by atoms with van der Waals surface area (Å²) in [5.41, 5.74) is 6.11. The molecule has 22 heavy (non-hydrogen) atoms. The SMILES string of the molecule is Cl.NC1=Nc2ccc(F)cc2Nc2ccc(C(F)(F)F)cc21. The van der Waals surface area contributed by atoms with Crippen molar-refractivity contribution in [2.45, 2.75) is 6.18 Å². The van der Waals surface area contributed by atoms with E-state index in [1.54, 1.807) is 0 Å². The fraction of sp³-hybridized carbons (Fsp3) is 0.0714. The maximum absolute atomic E-state index is 13.3. The molecular weight excluding hydrogens is 322 g/mol. The van der Waals surface area contributed by atoms with Crippen LogP contribution >= 0.6 is 12.4 Å². The van der Waals surface area contributed by atoms with Gasteiger partial charge in [0.2, 0.25) is 0 Å². The molecule has 0 radical (unpaired) electrons. The highest BCUT2D eigenvalue weighted by atomic mass is 35.5. The van der Waals surface area contributed by atoms with E-state index in [0.717, 1.165) is 12.1 Å². The summed E-state index contributed by atoms with van der Waals surface area (Å²) in [5, 5.41) is 2.85. The van der Waals surface area contributed by atoms with E-state index in [9.17, 15) is 17.6 Å². The predicted molar refractivity (Wildman–Crippen MR) is 78.8 cm³/mol. The third-order valence-electron chi connectivity index (χ3n) is 3.09. The molecular formula is C14H10ClF4N3. The van der Waals surface area contributed by atoms with E-state index in [2.05, 4.69) is 10.3 Å². The van der Waals surface area contributed by atoms with E-state index in [4.69, 9.17) is 5.73 Å². The smallest absolute Gasteiger partial charge is 0.383 e. The molecule has 116 valence electrons. The Bertz CT molecular complexity index is 756. The number of aliphatic imine (C=N–C) groups is 1. The van der Waals surface area contributed by atoms with E-state index in [0.29, 0.717) is 17.1 Å². The lowest BCUT2D eigenvalue weighted by molar-refractivity contribution is -0.137. The third kappa shape index (κ3) is 2.85. The third-order valence-corrected chi connectivity index (χ3v) is 3.09. The Kier molecular flexibility index (Phi) is 4.02. The molecule has 3 N–H and O–H groups in total. The molecule has 0 aromatic heterocycles. The van der Waals surface area contributed by atoms with Crippen molar-refractivity contribution >= 4 is 35.3 Å². The van der Waals surface area contributed by atoms with Crippen molar-refractivity contribution in [2.24, 2.45) is 10.7 Å². The fourth-order valence-electron chi connectivity index (χ4n) is 2.08. The maximum Gasteiger partial charge on any atom is 0.416 e. The standard InChI is InChI=1S/C14H9F4N3.ClH/c15-8-2-4-11-12(6-8)20-10-3-1-7(14(16,17)18)5-9(10)13(19)21-11;/h1-6,20H,(H2,19,21);1H. The summed E-state index contributed by atoms with van der Waals surface area (Å²) in [6, 6.07) is 6.92. The summed E-state index contributed by atoms with van der Waals surface area (Å²) < 4.78 is 51.5. The number of nitrogens with two attached hydrogens (primary N) is 1. The minimum absolute atomic E-state index is 0. The van der Waals surface area contributed by atoms with Gasteiger partial charge in [0.1, 0.15) is 11.7 Å². The minimum Gasteiger partial charge on any atom is -0.383 e. The first-order valence-corrected chi connectivity index (χ1v) is 5.97. The number of fused-ring (bicyclic) bond motifs is 2. The molecule has 1 heterocycles. The van der Waals surface area contributed by atoms with Gasteiger partial charge in [0.25, 0.3) is 0 Å². The Balaban J connectivity index is 0.00000176. The van der Waals surface area contributed by atoms with Crippen molar-refractivity contribution in [3.05, 3.63) is 53.3 Å². The van der Waals surface area contributed by atoms with E-state index < -0.39 is 17.6 Å². The number of benzene rings is 2. The highest BCUT2D eigenvalue weighted by Gasteiger charge is 2.31. The van der Waals surface area contributed by atoms with Crippen LogP contribution in [-0.4, -0.2) is 5.84 Å². The topological polar surface area (TPSA) is 50.4 Å². The quantitative estimate of drug-likeness (QED) is 0.705. The number of nitrogens with zero attached hydrogens (tertiary/aromatic N) is 1. The number of alkyl halides is 3. The maximum atomic E-state index is 13.3. The van der Waals surface area contributed by atoms with Crippen molar-refractivity contribution in [1.82, 2.24) is 0 Å². The number of hydrogen-bond donors (Lipinski definition) is 2. The number of nitrogens with one attached hydrogen (secondary N) is 1. The zero-order chi connectivity index (χ0) is 15.2. The molecule has 0 unspecified atom stereocenters. The van der Waals surface area contributed by atoms with Crippen LogP contribution in [0.4, 0.5) is 34.6 Å². The Hall–Kier alpha value is -2.28. The van der Waals surface area contributed by atoms with Gasteiger partial charge in [-0.15, -0.1) is 12.4 Å². The fourth-order valence-corrected chi connectivity index (χ4v) is 2.08. The number of hydrogen-bond acceptors (Lipinski definition) is 3. The molecule has 3 rings (SSSR count). The largest absolute Gasteiger partial charge is 0.416 e. The lowest BCUT2D eigenvalue weighted by atomic mass is 10.1. The Morgan fingerprint density at radius 2 is 1.73 bits per heavy atom. The van der Waals surface area contributed by atoms with Crippen molar-refractivity contribution in [3.8, 4) is 0 Å². The summed E-state index contributed by atoms with van der Waals surface area (Å²) in [5.74, 6) is -0.542. The average molecular weight is 332 g/mol. The van der Waals surface area contributed by atoms with Gasteiger partial charge in [0, 0.05) is 11.3 Å². The van der Waals surface area contributed by atoms with Crippen LogP contribution in [0.5, 0.6) is 0 Å². The van der Waals surface area contributed by atoms with Crippen molar-refractivity contribution < 1.29 is 17.6 Å². The van der Waals surface area contributed by atoms with Gasteiger partial charge in [-0.3, -0.25) is 0 Å². The first kappa shape index (κ1) is 16.1. The summed E-state index contributed by atoms with van der Waals surface area (Å²) in [6.07, 6.45) is -4.47. The second-order valence-electron chi connectivity index (χ2n) is 4.54. The van der Waals surface area contributed by atoms with Crippen molar-refractivity contribution in [1.29, 1.82) is 0 Å². The van der Waals surface area contributed by atoms with Gasteiger partial charge >= 0.3 is 6.18 Å². The van der Waals surface area contributed by atoms with Crippen LogP contribution < -0.4 is 11.1 Å². The molecule has 1 aliphatic rings. The average Bonchev–Trinajstić information content (AvgIpc) is 2.53. The van der Waals surface area contributed by atoms with Gasteiger partial charge in [0.05, 0.1) is 16.9 Å². The molecule has 1 aliphatic heterocycles. The molecule has 2 aromatic rings. The first-order chi connectivity index (χ1) is 9.84. The van der Waals surface area contributed by atoms with Crippen LogP contribution in [0.25, 0.3) is 0 Å². The van der Waals surface area contributed by atoms with E-state index in [-0.39, 0.29) is 23.8 Å². The summed E-state index contributed by atoms with van der Waals surface area (Å²) >= 11 is 0. The van der Waals surface area contributed by atoms with Crippen molar-refractivity contribution in [2.75, 3.05) is 5.32 Å². The zero-order valence-corrected chi connectivity index (χ0v) is 11.7. The molecule has 8 heteroatoms. The molecule has 3 nitrogen and oxygen atoms in total. The molecule has 0 atom stereocenters. The van der Waals surface area contributed by atoms with Gasteiger partial charge in [-0.05, 0) is 36.4 Å². The zero-order valence-electron chi connectivity index (χ0n) is 10.9. The van der Waals surface area contributed by atoms with Gasteiger partial charge in [-0.25, -0.2) is 9.38 Å². The van der Waals surface area contributed by atoms with Crippen LogP contribution in [0.3, 0.4) is 0 Å². The number of rotatable bonds is 0. The first-order valence-electron chi connectivity index (χ1n) is 5.97. The van der Waals surface area contributed by atoms with Gasteiger partial charge in [-0.1, -0.05) is 0 Å². The van der Waals surface area contributed by atoms with Crippen molar-refractivity contribution in [3.63, 3.8) is 0 Å². The Morgan fingerprint density at radius 1 is 1.00 bits per heavy atom. The van der Waals surface area contributed by atoms with Gasteiger partial charge < -0.3 is 11.1 Å². The Morgan fingerprint density at radius 3 is 2.41 bits per heavy atom. The van der Waals surface area contributed by atoms with E-state index in [1.807, 2.05) is 0 Å². The number of halogens is 5. The molecule has 0 saturated carbocycles. The van der Waals surface area contributed by atoms with E-state index >= 15 is 0 Å². The lowest BCUT2D eigenvalue weighted by Crippen LogP contribution is -2.15. The molecule has 0 fully saturated rings. The second-order valence-corrected chi connectivity index (χ2v) is 4.54. The summed E-state index contributed by atoms with van der Waals surface area (Å²) in [7, 11) is 0. The second kappa shape index (κ2) is 5.49. The highest BCUT2D eigenvalue weighted by molar-refractivity contribution is 6.06. The van der Waals surface area contributed by atoms with E-state index in [1.165, 1.54) is 24.3 Å². The van der Waals surface area contributed by atoms with Gasteiger partial charge in [0.15, 0.2) is 0 Å². The minimum atomic E-state index is -4.47. The lowest BCUT2D eigenvalue weighted by Gasteiger charge is -2.12. The molecule has 0 bridgehead atoms.